The molecule has 0 saturated heterocycles. The van der Waals surface area contributed by atoms with E-state index in [9.17, 15) is 13.2 Å². The molecular formula is C20H40NaO5S+. The van der Waals surface area contributed by atoms with E-state index in [0.29, 0.717) is 0 Å². The van der Waals surface area contributed by atoms with E-state index < -0.39 is 21.8 Å². The van der Waals surface area contributed by atoms with Gasteiger partial charge in [0.25, 0.3) is 10.1 Å². The molecule has 0 radical (unpaired) electrons. The van der Waals surface area contributed by atoms with Crippen molar-refractivity contribution in [3.8, 4) is 0 Å². The first kappa shape index (κ1) is 29.6. The molecular weight excluding hydrogens is 375 g/mol. The zero-order chi connectivity index (χ0) is 19.5. The summed E-state index contributed by atoms with van der Waals surface area (Å²) in [5.74, 6) is -1.83. The van der Waals surface area contributed by atoms with Crippen molar-refractivity contribution in [2.24, 2.45) is 0 Å². The van der Waals surface area contributed by atoms with Crippen LogP contribution in [0.5, 0.6) is 0 Å². The summed E-state index contributed by atoms with van der Waals surface area (Å²) in [6.45, 7) is 2.49. The maximum atomic E-state index is 11.1. The third-order valence-corrected chi connectivity index (χ3v) is 5.16. The molecule has 156 valence electrons. The number of hydrogen-bond donors (Lipinski definition) is 1. The van der Waals surface area contributed by atoms with E-state index in [1.54, 1.807) is 0 Å². The van der Waals surface area contributed by atoms with Crippen molar-refractivity contribution in [3.63, 3.8) is 0 Å². The molecule has 0 atom stereocenters. The fraction of sp³-hybridized carbons (Fsp3) is 0.950. The van der Waals surface area contributed by atoms with Crippen LogP contribution in [0.1, 0.15) is 110 Å². The molecule has 0 aliphatic rings. The summed E-state index contributed by atoms with van der Waals surface area (Å²) < 4.78 is 34.2. The van der Waals surface area contributed by atoms with Gasteiger partial charge in [0.05, 0.1) is 6.61 Å². The fourth-order valence-corrected chi connectivity index (χ4v) is 3.41. The summed E-state index contributed by atoms with van der Waals surface area (Å²) in [4.78, 5) is 11.1. The predicted octanol–water partition coefficient (Wildman–Crippen LogP) is 2.68. The van der Waals surface area contributed by atoms with Crippen molar-refractivity contribution in [2.45, 2.75) is 110 Å². The Labute approximate surface area is 189 Å². The number of carbonyl (C=O) groups is 1. The molecule has 0 aromatic carbocycles. The number of carbonyl (C=O) groups excluding carboxylic acids is 1. The van der Waals surface area contributed by atoms with E-state index in [2.05, 4.69) is 6.92 Å². The van der Waals surface area contributed by atoms with Crippen LogP contribution in [0.3, 0.4) is 0 Å². The molecule has 0 fully saturated rings. The van der Waals surface area contributed by atoms with Crippen molar-refractivity contribution < 1.29 is 52.1 Å². The van der Waals surface area contributed by atoms with Gasteiger partial charge in [-0.3, -0.25) is 9.35 Å². The Bertz CT molecular complexity index is 426. The minimum Gasteiger partial charge on any atom is -0.465 e. The third-order valence-electron chi connectivity index (χ3n) is 4.56. The smallest absolute Gasteiger partial charge is 0.465 e. The van der Waals surface area contributed by atoms with Gasteiger partial charge in [0.15, 0.2) is 5.75 Å². The van der Waals surface area contributed by atoms with Crippen LogP contribution in [0.15, 0.2) is 0 Å². The van der Waals surface area contributed by atoms with Gasteiger partial charge in [-0.1, -0.05) is 103 Å². The van der Waals surface area contributed by atoms with E-state index in [-0.39, 0.29) is 36.2 Å². The summed E-state index contributed by atoms with van der Waals surface area (Å²) >= 11 is 0. The molecule has 0 amide bonds. The first-order valence-electron chi connectivity index (χ1n) is 10.6. The van der Waals surface area contributed by atoms with Gasteiger partial charge < -0.3 is 4.74 Å². The second-order valence-electron chi connectivity index (χ2n) is 7.25. The molecule has 0 aliphatic carbocycles. The Balaban J connectivity index is 0. The number of unbranched alkanes of at least 4 members (excludes halogenated alkanes) is 15. The Hall–Kier alpha value is 0.380. The van der Waals surface area contributed by atoms with Crippen LogP contribution in [-0.4, -0.2) is 31.3 Å². The van der Waals surface area contributed by atoms with Crippen LogP contribution in [0, 0.1) is 0 Å². The van der Waals surface area contributed by atoms with Gasteiger partial charge in [-0.05, 0) is 6.42 Å². The van der Waals surface area contributed by atoms with Gasteiger partial charge >= 0.3 is 35.5 Å². The quantitative estimate of drug-likeness (QED) is 0.152. The molecule has 0 bridgehead atoms. The van der Waals surface area contributed by atoms with Crippen LogP contribution in [0.4, 0.5) is 0 Å². The van der Waals surface area contributed by atoms with Crippen LogP contribution in [0.2, 0.25) is 0 Å². The number of ether oxygens (including phenoxy) is 1. The third kappa shape index (κ3) is 26.4. The Morgan fingerprint density at radius 3 is 1.37 bits per heavy atom. The first-order valence-corrected chi connectivity index (χ1v) is 12.2. The molecule has 0 spiro atoms. The summed E-state index contributed by atoms with van der Waals surface area (Å²) in [5.41, 5.74) is 0. The van der Waals surface area contributed by atoms with E-state index in [1.807, 2.05) is 0 Å². The zero-order valence-corrected chi connectivity index (χ0v) is 20.5. The summed E-state index contributed by atoms with van der Waals surface area (Å²) in [6.07, 6.45) is 20.4. The molecule has 0 unspecified atom stereocenters. The fourth-order valence-electron chi connectivity index (χ4n) is 3.03. The van der Waals surface area contributed by atoms with Crippen molar-refractivity contribution in [1.29, 1.82) is 0 Å². The topological polar surface area (TPSA) is 80.7 Å². The SMILES string of the molecule is CCCCCCCCCCCCCCCCCCOC(=O)CS(=O)(=O)O.[Na+]. The van der Waals surface area contributed by atoms with E-state index >= 15 is 0 Å². The average molecular weight is 416 g/mol. The van der Waals surface area contributed by atoms with Crippen molar-refractivity contribution >= 4 is 16.1 Å². The van der Waals surface area contributed by atoms with Crippen molar-refractivity contribution in [2.75, 3.05) is 12.4 Å². The molecule has 5 nitrogen and oxygen atoms in total. The normalized spacial score (nSPS) is 11.2. The second-order valence-corrected chi connectivity index (χ2v) is 8.70. The Morgan fingerprint density at radius 1 is 0.704 bits per heavy atom. The number of hydrogen-bond acceptors (Lipinski definition) is 4. The Morgan fingerprint density at radius 2 is 1.04 bits per heavy atom. The van der Waals surface area contributed by atoms with Gasteiger partial charge in [-0.25, -0.2) is 0 Å². The monoisotopic (exact) mass is 415 g/mol. The average Bonchev–Trinajstić information content (AvgIpc) is 2.56. The zero-order valence-electron chi connectivity index (χ0n) is 17.7. The summed E-state index contributed by atoms with van der Waals surface area (Å²) in [6, 6.07) is 0. The first-order chi connectivity index (χ1) is 12.5. The van der Waals surface area contributed by atoms with Crippen LogP contribution >= 0.6 is 0 Å². The van der Waals surface area contributed by atoms with Crippen LogP contribution in [-0.2, 0) is 19.6 Å². The van der Waals surface area contributed by atoms with E-state index in [1.165, 1.54) is 83.5 Å². The van der Waals surface area contributed by atoms with E-state index in [4.69, 9.17) is 9.29 Å². The molecule has 0 saturated carbocycles. The summed E-state index contributed by atoms with van der Waals surface area (Å²) in [5, 5.41) is 0. The molecule has 0 aromatic rings. The Kier molecular flexibility index (Phi) is 23.1. The van der Waals surface area contributed by atoms with Crippen molar-refractivity contribution in [1.82, 2.24) is 0 Å². The standard InChI is InChI=1S/C20H40O5S.Na/c1-2-3-4-5-6-7-8-9-10-11-12-13-14-15-16-17-18-25-20(21)19-26(22,23)24;/h2-19H2,1H3,(H,22,23,24);/q;+1. The minimum atomic E-state index is -4.27. The summed E-state index contributed by atoms with van der Waals surface area (Å²) in [7, 11) is -4.27. The molecule has 1 N–H and O–H groups in total. The number of esters is 1. The van der Waals surface area contributed by atoms with E-state index in [0.717, 1.165) is 19.3 Å². The molecule has 27 heavy (non-hydrogen) atoms. The predicted molar refractivity (Wildman–Crippen MR) is 107 cm³/mol. The van der Waals surface area contributed by atoms with Gasteiger partial charge in [0.2, 0.25) is 0 Å². The van der Waals surface area contributed by atoms with Gasteiger partial charge in [0, 0.05) is 0 Å². The van der Waals surface area contributed by atoms with Gasteiger partial charge in [0.1, 0.15) is 0 Å². The molecule has 0 rings (SSSR count). The minimum absolute atomic E-state index is 0. The van der Waals surface area contributed by atoms with Gasteiger partial charge in [-0.2, -0.15) is 8.42 Å². The van der Waals surface area contributed by atoms with Gasteiger partial charge in [-0.15, -0.1) is 0 Å². The molecule has 0 aromatic heterocycles. The van der Waals surface area contributed by atoms with Crippen LogP contribution < -0.4 is 29.6 Å². The van der Waals surface area contributed by atoms with Crippen LogP contribution in [0.25, 0.3) is 0 Å². The maximum Gasteiger partial charge on any atom is 1.00 e. The molecule has 0 heterocycles. The molecule has 7 heteroatoms. The largest absolute Gasteiger partial charge is 1.00 e. The second kappa shape index (κ2) is 21.1. The number of rotatable bonds is 19. The van der Waals surface area contributed by atoms with Crippen molar-refractivity contribution in [3.05, 3.63) is 0 Å². The maximum absolute atomic E-state index is 11.1. The molecule has 0 aliphatic heterocycles.